The molecule has 0 spiro atoms. The van der Waals surface area contributed by atoms with Gasteiger partial charge in [0.05, 0.1) is 0 Å². The third-order valence-electron chi connectivity index (χ3n) is 0.463. The van der Waals surface area contributed by atoms with Gasteiger partial charge in [0, 0.05) is 34.6 Å². The van der Waals surface area contributed by atoms with E-state index in [1.54, 1.807) is 0 Å². The summed E-state index contributed by atoms with van der Waals surface area (Å²) >= 11 is 3.05. The van der Waals surface area contributed by atoms with E-state index in [0.29, 0.717) is 10.5 Å². The summed E-state index contributed by atoms with van der Waals surface area (Å²) in [4.78, 5) is 0. The van der Waals surface area contributed by atoms with Crippen molar-refractivity contribution in [1.82, 2.24) is 0 Å². The van der Waals surface area contributed by atoms with E-state index in [9.17, 15) is 0 Å². The Morgan fingerprint density at radius 2 is 1.22 bits per heavy atom. The standard InChI is InChI=1S/C6H14OS2/c1-5(2)8-7-9-6(3)4/h5-6H,1-4H3. The molecule has 0 radical (unpaired) electrons. The highest BCUT2D eigenvalue weighted by molar-refractivity contribution is 8.08. The van der Waals surface area contributed by atoms with Crippen LogP contribution in [-0.2, 0) is 3.63 Å². The fourth-order valence-corrected chi connectivity index (χ4v) is 1.62. The van der Waals surface area contributed by atoms with E-state index < -0.39 is 0 Å². The summed E-state index contributed by atoms with van der Waals surface area (Å²) in [6.45, 7) is 8.47. The van der Waals surface area contributed by atoms with Gasteiger partial charge >= 0.3 is 0 Å². The van der Waals surface area contributed by atoms with Crippen molar-refractivity contribution in [2.75, 3.05) is 0 Å². The molecule has 0 amide bonds. The maximum Gasteiger partial charge on any atom is 0.0267 e. The number of hydrogen-bond acceptors (Lipinski definition) is 3. The van der Waals surface area contributed by atoms with E-state index in [0.717, 1.165) is 0 Å². The summed E-state index contributed by atoms with van der Waals surface area (Å²) in [7, 11) is 0. The molecule has 0 aromatic heterocycles. The van der Waals surface area contributed by atoms with Gasteiger partial charge in [0.25, 0.3) is 0 Å². The molecule has 0 fully saturated rings. The fraction of sp³-hybridized carbons (Fsp3) is 1.00. The van der Waals surface area contributed by atoms with Crippen LogP contribution in [0.1, 0.15) is 27.7 Å². The van der Waals surface area contributed by atoms with E-state index in [4.69, 9.17) is 3.63 Å². The maximum atomic E-state index is 5.19. The van der Waals surface area contributed by atoms with Crippen LogP contribution < -0.4 is 0 Å². The molecule has 0 aliphatic carbocycles. The monoisotopic (exact) mass is 166 g/mol. The Morgan fingerprint density at radius 3 is 1.44 bits per heavy atom. The van der Waals surface area contributed by atoms with Crippen molar-refractivity contribution in [3.63, 3.8) is 0 Å². The second kappa shape index (κ2) is 5.45. The third kappa shape index (κ3) is 8.66. The lowest BCUT2D eigenvalue weighted by atomic mass is 10.6. The van der Waals surface area contributed by atoms with Crippen molar-refractivity contribution in [3.05, 3.63) is 0 Å². The number of hydrogen-bond donors (Lipinski definition) is 0. The minimum absolute atomic E-state index is 0.566. The van der Waals surface area contributed by atoms with Gasteiger partial charge in [-0.25, -0.2) is 3.63 Å². The maximum absolute atomic E-state index is 5.19. The summed E-state index contributed by atoms with van der Waals surface area (Å²) in [5, 5.41) is 1.13. The molecule has 0 heterocycles. The SMILES string of the molecule is CC(C)SOSC(C)C. The van der Waals surface area contributed by atoms with E-state index >= 15 is 0 Å². The minimum atomic E-state index is 0.566. The predicted octanol–water partition coefficient (Wildman–Crippen LogP) is 3.12. The molecule has 0 unspecified atom stereocenters. The second-order valence-electron chi connectivity index (χ2n) is 2.36. The first-order valence-electron chi connectivity index (χ1n) is 3.11. The van der Waals surface area contributed by atoms with Crippen LogP contribution in [0.4, 0.5) is 0 Å². The van der Waals surface area contributed by atoms with Crippen LogP contribution in [0.5, 0.6) is 0 Å². The molecule has 0 rings (SSSR count). The molecule has 0 bridgehead atoms. The molecular weight excluding hydrogens is 152 g/mol. The molecule has 0 N–H and O–H groups in total. The molecule has 1 nitrogen and oxygen atoms in total. The summed E-state index contributed by atoms with van der Waals surface area (Å²) < 4.78 is 5.19. The molecule has 3 heteroatoms. The van der Waals surface area contributed by atoms with Gasteiger partial charge < -0.3 is 0 Å². The highest BCUT2D eigenvalue weighted by Crippen LogP contribution is 2.22. The van der Waals surface area contributed by atoms with Crippen molar-refractivity contribution >= 4 is 24.1 Å². The van der Waals surface area contributed by atoms with E-state index in [2.05, 4.69) is 27.7 Å². The molecule has 0 aliphatic rings. The average molecular weight is 166 g/mol. The van der Waals surface area contributed by atoms with Gasteiger partial charge in [-0.05, 0) is 0 Å². The van der Waals surface area contributed by atoms with Gasteiger partial charge in [-0.2, -0.15) is 0 Å². The largest absolute Gasteiger partial charge is 0.247 e. The Balaban J connectivity index is 2.91. The molecular formula is C6H14OS2. The van der Waals surface area contributed by atoms with Gasteiger partial charge in [0.1, 0.15) is 0 Å². The first-order valence-corrected chi connectivity index (χ1v) is 4.72. The van der Waals surface area contributed by atoms with Gasteiger partial charge in [-0.15, -0.1) is 0 Å². The van der Waals surface area contributed by atoms with Crippen LogP contribution in [0.2, 0.25) is 0 Å². The Labute approximate surface area is 66.3 Å². The predicted molar refractivity (Wildman–Crippen MR) is 46.5 cm³/mol. The van der Waals surface area contributed by atoms with Crippen molar-refractivity contribution in [2.45, 2.75) is 38.2 Å². The molecule has 9 heavy (non-hydrogen) atoms. The summed E-state index contributed by atoms with van der Waals surface area (Å²) in [6.07, 6.45) is 0. The Morgan fingerprint density at radius 1 is 0.889 bits per heavy atom. The lowest BCUT2D eigenvalue weighted by Gasteiger charge is -2.04. The summed E-state index contributed by atoms with van der Waals surface area (Å²) in [5.74, 6) is 0. The van der Waals surface area contributed by atoms with Crippen LogP contribution in [0.25, 0.3) is 0 Å². The smallest absolute Gasteiger partial charge is 0.0267 e. The first kappa shape index (κ1) is 9.66. The topological polar surface area (TPSA) is 9.23 Å². The van der Waals surface area contributed by atoms with Crippen molar-refractivity contribution in [3.8, 4) is 0 Å². The van der Waals surface area contributed by atoms with Gasteiger partial charge in [0.15, 0.2) is 0 Å². The quantitative estimate of drug-likeness (QED) is 0.594. The van der Waals surface area contributed by atoms with Crippen molar-refractivity contribution in [1.29, 1.82) is 0 Å². The summed E-state index contributed by atoms with van der Waals surface area (Å²) in [6, 6.07) is 0. The highest BCUT2D eigenvalue weighted by Gasteiger charge is 1.97. The lowest BCUT2D eigenvalue weighted by Crippen LogP contribution is -1.89. The third-order valence-corrected chi connectivity index (χ3v) is 1.86. The minimum Gasteiger partial charge on any atom is -0.247 e. The van der Waals surface area contributed by atoms with Gasteiger partial charge in [-0.1, -0.05) is 27.7 Å². The van der Waals surface area contributed by atoms with E-state index in [1.165, 1.54) is 24.1 Å². The van der Waals surface area contributed by atoms with Crippen LogP contribution >= 0.6 is 24.1 Å². The van der Waals surface area contributed by atoms with Gasteiger partial charge in [0.2, 0.25) is 0 Å². The molecule has 0 saturated heterocycles. The molecule has 0 aliphatic heterocycles. The molecule has 0 aromatic carbocycles. The van der Waals surface area contributed by atoms with Gasteiger partial charge in [-0.3, -0.25) is 0 Å². The normalized spacial score (nSPS) is 11.3. The molecule has 0 aromatic rings. The van der Waals surface area contributed by atoms with Crippen LogP contribution in [0.15, 0.2) is 0 Å². The summed E-state index contributed by atoms with van der Waals surface area (Å²) in [5.41, 5.74) is 0. The average Bonchev–Trinajstić information content (AvgIpc) is 1.63. The zero-order valence-electron chi connectivity index (χ0n) is 6.38. The fourth-order valence-electron chi connectivity index (χ4n) is 0.180. The molecule has 0 saturated carbocycles. The Kier molecular flexibility index (Phi) is 5.84. The molecule has 56 valence electrons. The van der Waals surface area contributed by atoms with Crippen molar-refractivity contribution < 1.29 is 3.63 Å². The molecule has 0 atom stereocenters. The van der Waals surface area contributed by atoms with Crippen LogP contribution in [0.3, 0.4) is 0 Å². The van der Waals surface area contributed by atoms with Crippen molar-refractivity contribution in [2.24, 2.45) is 0 Å². The van der Waals surface area contributed by atoms with Crippen LogP contribution in [0, 0.1) is 0 Å². The Hall–Kier alpha value is 0.660. The first-order chi connectivity index (χ1) is 4.13. The lowest BCUT2D eigenvalue weighted by molar-refractivity contribution is 0.734. The zero-order valence-corrected chi connectivity index (χ0v) is 8.01. The Bertz CT molecular complexity index is 56.1. The second-order valence-corrected chi connectivity index (χ2v) is 5.17. The highest BCUT2D eigenvalue weighted by atomic mass is 32.2. The van der Waals surface area contributed by atoms with Crippen LogP contribution in [-0.4, -0.2) is 10.5 Å². The number of rotatable bonds is 4. The van der Waals surface area contributed by atoms with E-state index in [1.807, 2.05) is 0 Å². The van der Waals surface area contributed by atoms with E-state index in [-0.39, 0.29) is 0 Å². The zero-order chi connectivity index (χ0) is 7.28.